The fourth-order valence-corrected chi connectivity index (χ4v) is 5.28. The Hall–Kier alpha value is -1.15. The molecule has 2 saturated heterocycles. The maximum absolute atomic E-state index is 12.7. The number of rotatable bonds is 6. The maximum atomic E-state index is 12.7. The molecule has 0 unspecified atom stereocenters. The van der Waals surface area contributed by atoms with E-state index in [1.807, 2.05) is 4.90 Å². The van der Waals surface area contributed by atoms with Crippen LogP contribution in [0.15, 0.2) is 0 Å². The minimum Gasteiger partial charge on any atom is -0.383 e. The first-order valence-corrected chi connectivity index (χ1v) is 10.0. The summed E-state index contributed by atoms with van der Waals surface area (Å²) >= 11 is 0. The lowest BCUT2D eigenvalue weighted by Gasteiger charge is -2.26. The lowest BCUT2D eigenvalue weighted by Crippen LogP contribution is -2.42. The molecule has 2 aliphatic heterocycles. The van der Waals surface area contributed by atoms with Gasteiger partial charge in [-0.1, -0.05) is 0 Å². The largest absolute Gasteiger partial charge is 0.383 e. The highest BCUT2D eigenvalue weighted by Gasteiger charge is 2.44. The van der Waals surface area contributed by atoms with Crippen LogP contribution in [0.5, 0.6) is 0 Å². The van der Waals surface area contributed by atoms with Gasteiger partial charge in [-0.15, -0.1) is 0 Å². The number of hydrogen-bond acceptors (Lipinski definition) is 5. The summed E-state index contributed by atoms with van der Waals surface area (Å²) in [5.74, 6) is -0.241. The van der Waals surface area contributed by atoms with E-state index in [9.17, 15) is 18.0 Å². The Bertz CT molecular complexity index is 587. The topological polar surface area (TPSA) is 84.0 Å². The SMILES string of the molecule is COCCN(C(=O)[C@@H]1CC(=O)N([C@H]2CCS(=O)(=O)C2)C1)C1CC1. The number of nitrogens with zero attached hydrogens (tertiary/aromatic N) is 2. The Balaban J connectivity index is 1.63. The maximum Gasteiger partial charge on any atom is 0.228 e. The van der Waals surface area contributed by atoms with E-state index in [1.54, 1.807) is 12.0 Å². The summed E-state index contributed by atoms with van der Waals surface area (Å²) in [7, 11) is -1.42. The minimum atomic E-state index is -3.03. The van der Waals surface area contributed by atoms with Crippen LogP contribution in [0.4, 0.5) is 0 Å². The van der Waals surface area contributed by atoms with Crippen molar-refractivity contribution >= 4 is 21.7 Å². The van der Waals surface area contributed by atoms with E-state index in [-0.39, 0.29) is 47.7 Å². The molecule has 0 aromatic rings. The zero-order valence-corrected chi connectivity index (χ0v) is 14.3. The monoisotopic (exact) mass is 344 g/mol. The lowest BCUT2D eigenvalue weighted by molar-refractivity contribution is -0.137. The molecule has 2 heterocycles. The summed E-state index contributed by atoms with van der Waals surface area (Å²) in [4.78, 5) is 28.4. The third-order valence-electron chi connectivity index (χ3n) is 4.96. The average molecular weight is 344 g/mol. The highest BCUT2D eigenvalue weighted by atomic mass is 32.2. The van der Waals surface area contributed by atoms with Gasteiger partial charge < -0.3 is 14.5 Å². The van der Waals surface area contributed by atoms with Crippen molar-refractivity contribution in [1.82, 2.24) is 9.80 Å². The second-order valence-corrected chi connectivity index (χ2v) is 8.99. The van der Waals surface area contributed by atoms with Gasteiger partial charge in [0.2, 0.25) is 11.8 Å². The highest BCUT2D eigenvalue weighted by molar-refractivity contribution is 7.91. The van der Waals surface area contributed by atoms with Crippen molar-refractivity contribution in [2.45, 2.75) is 37.8 Å². The van der Waals surface area contributed by atoms with Crippen LogP contribution >= 0.6 is 0 Å². The smallest absolute Gasteiger partial charge is 0.228 e. The van der Waals surface area contributed by atoms with E-state index in [1.165, 1.54) is 0 Å². The van der Waals surface area contributed by atoms with E-state index in [0.29, 0.717) is 26.1 Å². The van der Waals surface area contributed by atoms with Crippen LogP contribution in [0.2, 0.25) is 0 Å². The summed E-state index contributed by atoms with van der Waals surface area (Å²) in [5, 5.41) is 0. The predicted molar refractivity (Wildman–Crippen MR) is 83.5 cm³/mol. The van der Waals surface area contributed by atoms with E-state index >= 15 is 0 Å². The van der Waals surface area contributed by atoms with Gasteiger partial charge >= 0.3 is 0 Å². The van der Waals surface area contributed by atoms with Crippen LogP contribution in [0.1, 0.15) is 25.7 Å². The van der Waals surface area contributed by atoms with Gasteiger partial charge in [0.1, 0.15) is 0 Å². The molecule has 0 spiro atoms. The molecule has 7 nitrogen and oxygen atoms in total. The van der Waals surface area contributed by atoms with Crippen LogP contribution in [0.25, 0.3) is 0 Å². The normalized spacial score (nSPS) is 30.0. The Kier molecular flexibility index (Phi) is 4.64. The number of likely N-dealkylation sites (tertiary alicyclic amines) is 1. The summed E-state index contributed by atoms with van der Waals surface area (Å²) in [6.45, 7) is 1.41. The molecule has 3 aliphatic rings. The molecular weight excluding hydrogens is 320 g/mol. The van der Waals surface area contributed by atoms with Crippen LogP contribution in [-0.4, -0.2) is 80.4 Å². The molecule has 23 heavy (non-hydrogen) atoms. The fourth-order valence-electron chi connectivity index (χ4n) is 3.55. The van der Waals surface area contributed by atoms with Crippen molar-refractivity contribution < 1.29 is 22.7 Å². The van der Waals surface area contributed by atoms with Gasteiger partial charge in [-0.3, -0.25) is 9.59 Å². The van der Waals surface area contributed by atoms with Crippen molar-refractivity contribution in [1.29, 1.82) is 0 Å². The quantitative estimate of drug-likeness (QED) is 0.658. The first-order valence-electron chi connectivity index (χ1n) is 8.20. The number of hydrogen-bond donors (Lipinski definition) is 0. The van der Waals surface area contributed by atoms with Gasteiger partial charge in [-0.25, -0.2) is 8.42 Å². The molecule has 2 atom stereocenters. The summed E-state index contributed by atoms with van der Waals surface area (Å²) < 4.78 is 28.3. The van der Waals surface area contributed by atoms with Gasteiger partial charge in [-0.05, 0) is 19.3 Å². The average Bonchev–Trinajstić information content (AvgIpc) is 3.16. The molecule has 3 rings (SSSR count). The first-order chi connectivity index (χ1) is 10.9. The number of amides is 2. The van der Waals surface area contributed by atoms with E-state index < -0.39 is 9.84 Å². The minimum absolute atomic E-state index is 0.0151. The van der Waals surface area contributed by atoms with Crippen molar-refractivity contribution in [3.05, 3.63) is 0 Å². The van der Waals surface area contributed by atoms with E-state index in [0.717, 1.165) is 12.8 Å². The summed E-state index contributed by atoms with van der Waals surface area (Å²) in [6, 6.07) is 0.0345. The zero-order valence-electron chi connectivity index (χ0n) is 13.4. The van der Waals surface area contributed by atoms with Gasteiger partial charge in [0, 0.05) is 38.7 Å². The fraction of sp³-hybridized carbons (Fsp3) is 0.867. The Morgan fingerprint density at radius 2 is 2.09 bits per heavy atom. The summed E-state index contributed by atoms with van der Waals surface area (Å²) in [5.41, 5.74) is 0. The number of sulfone groups is 1. The van der Waals surface area contributed by atoms with Crippen LogP contribution in [0, 0.1) is 5.92 Å². The van der Waals surface area contributed by atoms with E-state index in [4.69, 9.17) is 4.74 Å². The molecule has 0 aromatic carbocycles. The molecule has 130 valence electrons. The molecule has 0 N–H and O–H groups in total. The predicted octanol–water partition coefficient (Wildman–Crippen LogP) is -0.341. The third-order valence-corrected chi connectivity index (χ3v) is 6.71. The molecule has 2 amide bonds. The van der Waals surface area contributed by atoms with E-state index in [2.05, 4.69) is 0 Å². The third kappa shape index (κ3) is 3.68. The number of carbonyl (C=O) groups excluding carboxylic acids is 2. The van der Waals surface area contributed by atoms with Crippen molar-refractivity contribution in [3.63, 3.8) is 0 Å². The highest BCUT2D eigenvalue weighted by Crippen LogP contribution is 2.32. The van der Waals surface area contributed by atoms with Gasteiger partial charge in [0.15, 0.2) is 9.84 Å². The van der Waals surface area contributed by atoms with Crippen LogP contribution in [0.3, 0.4) is 0 Å². The second-order valence-electron chi connectivity index (χ2n) is 6.76. The number of carbonyl (C=O) groups is 2. The molecule has 1 aliphatic carbocycles. The summed E-state index contributed by atoms with van der Waals surface area (Å²) in [6.07, 6.45) is 2.72. The van der Waals surface area contributed by atoms with Crippen molar-refractivity contribution in [2.75, 3.05) is 38.3 Å². The zero-order chi connectivity index (χ0) is 16.6. The molecule has 0 bridgehead atoms. The lowest BCUT2D eigenvalue weighted by atomic mass is 10.1. The van der Waals surface area contributed by atoms with Crippen LogP contribution < -0.4 is 0 Å². The Labute approximate surface area is 136 Å². The van der Waals surface area contributed by atoms with Gasteiger partial charge in [-0.2, -0.15) is 0 Å². The Morgan fingerprint density at radius 1 is 1.35 bits per heavy atom. The Morgan fingerprint density at radius 3 is 2.65 bits per heavy atom. The molecular formula is C15H24N2O5S. The van der Waals surface area contributed by atoms with Gasteiger partial charge in [0.05, 0.1) is 24.0 Å². The van der Waals surface area contributed by atoms with Crippen molar-refractivity contribution in [3.8, 4) is 0 Å². The van der Waals surface area contributed by atoms with Crippen LogP contribution in [-0.2, 0) is 24.2 Å². The molecule has 1 saturated carbocycles. The molecule has 0 radical (unpaired) electrons. The first kappa shape index (κ1) is 16.7. The standard InChI is InChI=1S/C15H24N2O5S/c1-22-6-5-16(12-2-3-12)15(19)11-8-14(18)17(9-11)13-4-7-23(20,21)10-13/h11-13H,2-10H2,1H3/t11-,13+/m1/s1. The number of ether oxygens (including phenoxy) is 1. The number of methoxy groups -OCH3 is 1. The van der Waals surface area contributed by atoms with Crippen molar-refractivity contribution in [2.24, 2.45) is 5.92 Å². The molecule has 0 aromatic heterocycles. The molecule has 8 heteroatoms. The van der Waals surface area contributed by atoms with Gasteiger partial charge in [0.25, 0.3) is 0 Å². The second kappa shape index (κ2) is 6.39. The molecule has 3 fully saturated rings.